The highest BCUT2D eigenvalue weighted by atomic mass is 35.5. The molecule has 0 fully saturated rings. The Balaban J connectivity index is 2.04. The van der Waals surface area contributed by atoms with E-state index in [1.165, 1.54) is 12.1 Å². The van der Waals surface area contributed by atoms with E-state index in [2.05, 4.69) is 5.32 Å². The molecule has 0 aliphatic rings. The van der Waals surface area contributed by atoms with Crippen molar-refractivity contribution in [1.29, 1.82) is 0 Å². The molecule has 0 saturated carbocycles. The van der Waals surface area contributed by atoms with Crippen LogP contribution >= 0.6 is 11.6 Å². The van der Waals surface area contributed by atoms with Crippen molar-refractivity contribution in [1.82, 2.24) is 5.32 Å². The summed E-state index contributed by atoms with van der Waals surface area (Å²) >= 11 is 5.90. The second-order valence-corrected chi connectivity index (χ2v) is 5.84. The van der Waals surface area contributed by atoms with Gasteiger partial charge in [-0.1, -0.05) is 35.9 Å². The van der Waals surface area contributed by atoms with Gasteiger partial charge in [0.25, 0.3) is 5.91 Å². The number of benzene rings is 2. The van der Waals surface area contributed by atoms with Gasteiger partial charge >= 0.3 is 0 Å². The molecule has 122 valence electrons. The van der Waals surface area contributed by atoms with Crippen LogP contribution in [-0.2, 0) is 17.9 Å². The average Bonchev–Trinajstić information content (AvgIpc) is 2.51. The monoisotopic (exact) mass is 335 g/mol. The summed E-state index contributed by atoms with van der Waals surface area (Å²) in [5.41, 5.74) is 2.25. The molecule has 1 N–H and O–H groups in total. The molecule has 1 amide bonds. The first-order chi connectivity index (χ1) is 11.0. The zero-order valence-electron chi connectivity index (χ0n) is 13.1. The Morgan fingerprint density at radius 2 is 1.91 bits per heavy atom. The van der Waals surface area contributed by atoms with E-state index in [1.807, 2.05) is 38.1 Å². The van der Waals surface area contributed by atoms with Crippen LogP contribution in [0.1, 0.15) is 35.3 Å². The Hall–Kier alpha value is -1.91. The number of ether oxygens (including phenoxy) is 1. The number of hydrogen-bond donors (Lipinski definition) is 1. The first kappa shape index (κ1) is 17.4. The molecule has 5 heteroatoms. The fraction of sp³-hybridized carbons (Fsp3) is 0.278. The van der Waals surface area contributed by atoms with E-state index in [1.54, 1.807) is 0 Å². The molecule has 0 bridgehead atoms. The Morgan fingerprint density at radius 3 is 2.57 bits per heavy atom. The van der Waals surface area contributed by atoms with E-state index in [4.69, 9.17) is 16.3 Å². The van der Waals surface area contributed by atoms with Crippen LogP contribution in [0.2, 0.25) is 5.02 Å². The van der Waals surface area contributed by atoms with E-state index in [0.717, 1.165) is 17.2 Å². The summed E-state index contributed by atoms with van der Waals surface area (Å²) in [7, 11) is 0. The van der Waals surface area contributed by atoms with Crippen LogP contribution in [0.5, 0.6) is 0 Å². The first-order valence-electron chi connectivity index (χ1n) is 7.39. The van der Waals surface area contributed by atoms with Crippen molar-refractivity contribution < 1.29 is 13.9 Å². The minimum Gasteiger partial charge on any atom is -0.374 e. The number of hydrogen-bond acceptors (Lipinski definition) is 2. The van der Waals surface area contributed by atoms with Crippen LogP contribution in [0.15, 0.2) is 42.5 Å². The molecular weight excluding hydrogens is 317 g/mol. The summed E-state index contributed by atoms with van der Waals surface area (Å²) in [6.07, 6.45) is 0.135. The van der Waals surface area contributed by atoms with Crippen LogP contribution in [0.4, 0.5) is 4.39 Å². The predicted octanol–water partition coefficient (Wildman–Crippen LogP) is 4.33. The third-order valence-corrected chi connectivity index (χ3v) is 3.62. The number of rotatable bonds is 6. The van der Waals surface area contributed by atoms with Crippen LogP contribution in [0.3, 0.4) is 0 Å². The second kappa shape index (κ2) is 8.09. The smallest absolute Gasteiger partial charge is 0.253 e. The summed E-state index contributed by atoms with van der Waals surface area (Å²) in [6, 6.07) is 11.5. The predicted molar refractivity (Wildman–Crippen MR) is 88.9 cm³/mol. The van der Waals surface area contributed by atoms with Crippen LogP contribution in [-0.4, -0.2) is 12.0 Å². The van der Waals surface area contributed by atoms with Gasteiger partial charge in [-0.15, -0.1) is 0 Å². The lowest BCUT2D eigenvalue weighted by molar-refractivity contribution is 0.0651. The van der Waals surface area contributed by atoms with E-state index < -0.39 is 5.82 Å². The van der Waals surface area contributed by atoms with Gasteiger partial charge in [-0.3, -0.25) is 4.79 Å². The van der Waals surface area contributed by atoms with Crippen molar-refractivity contribution in [3.63, 3.8) is 0 Å². The number of nitrogens with one attached hydrogen (secondary N) is 1. The minimum atomic E-state index is -0.470. The molecule has 0 saturated heterocycles. The minimum absolute atomic E-state index is 0.0962. The summed E-state index contributed by atoms with van der Waals surface area (Å²) < 4.78 is 18.7. The van der Waals surface area contributed by atoms with Gasteiger partial charge in [0.15, 0.2) is 0 Å². The normalized spacial score (nSPS) is 10.8. The van der Waals surface area contributed by atoms with Crippen LogP contribution in [0.25, 0.3) is 0 Å². The summed E-state index contributed by atoms with van der Waals surface area (Å²) in [4.78, 5) is 12.2. The maximum Gasteiger partial charge on any atom is 0.253 e. The third-order valence-electron chi connectivity index (χ3n) is 3.31. The average molecular weight is 336 g/mol. The van der Waals surface area contributed by atoms with Crippen molar-refractivity contribution >= 4 is 17.5 Å². The van der Waals surface area contributed by atoms with Crippen molar-refractivity contribution in [2.24, 2.45) is 0 Å². The lowest BCUT2D eigenvalue weighted by Gasteiger charge is -2.13. The highest BCUT2D eigenvalue weighted by Gasteiger charge is 2.12. The van der Waals surface area contributed by atoms with Crippen molar-refractivity contribution in [3.05, 3.63) is 70.0 Å². The summed E-state index contributed by atoms with van der Waals surface area (Å²) in [5.74, 6) is -0.808. The molecule has 2 aromatic carbocycles. The first-order valence-corrected chi connectivity index (χ1v) is 7.77. The molecule has 0 spiro atoms. The number of carbonyl (C=O) groups is 1. The number of carbonyl (C=O) groups excluding carboxylic acids is 1. The SMILES string of the molecule is CC(C)OCc1ccccc1CNC(=O)c1ccc(F)cc1Cl. The van der Waals surface area contributed by atoms with Gasteiger partial charge in [0.2, 0.25) is 0 Å². The zero-order chi connectivity index (χ0) is 16.8. The fourth-order valence-corrected chi connectivity index (χ4v) is 2.32. The van der Waals surface area contributed by atoms with Crippen molar-refractivity contribution in [2.75, 3.05) is 0 Å². The van der Waals surface area contributed by atoms with Crippen molar-refractivity contribution in [2.45, 2.75) is 33.1 Å². The van der Waals surface area contributed by atoms with Crippen LogP contribution in [0, 0.1) is 5.82 Å². The highest BCUT2D eigenvalue weighted by molar-refractivity contribution is 6.33. The molecule has 0 atom stereocenters. The topological polar surface area (TPSA) is 38.3 Å². The Labute approximate surface area is 140 Å². The van der Waals surface area contributed by atoms with Gasteiger partial charge in [0, 0.05) is 6.54 Å². The molecule has 23 heavy (non-hydrogen) atoms. The van der Waals surface area contributed by atoms with Gasteiger partial charge < -0.3 is 10.1 Å². The van der Waals surface area contributed by atoms with E-state index in [9.17, 15) is 9.18 Å². The molecule has 0 aliphatic heterocycles. The van der Waals surface area contributed by atoms with Gasteiger partial charge in [-0.25, -0.2) is 4.39 Å². The Bertz CT molecular complexity index is 688. The van der Waals surface area contributed by atoms with Gasteiger partial charge in [-0.2, -0.15) is 0 Å². The summed E-state index contributed by atoms with van der Waals surface area (Å²) in [6.45, 7) is 4.78. The fourth-order valence-electron chi connectivity index (χ4n) is 2.07. The third kappa shape index (κ3) is 5.05. The molecule has 0 aliphatic carbocycles. The molecule has 2 aromatic rings. The quantitative estimate of drug-likeness (QED) is 0.853. The lowest BCUT2D eigenvalue weighted by Crippen LogP contribution is -2.24. The maximum absolute atomic E-state index is 13.0. The summed E-state index contributed by atoms with van der Waals surface area (Å²) in [5, 5.41) is 2.90. The van der Waals surface area contributed by atoms with Gasteiger partial charge in [0.05, 0.1) is 23.3 Å². The van der Waals surface area contributed by atoms with Gasteiger partial charge in [0.1, 0.15) is 5.82 Å². The molecular formula is C18H19ClFNO2. The maximum atomic E-state index is 13.0. The largest absolute Gasteiger partial charge is 0.374 e. The standard InChI is InChI=1S/C18H19ClFNO2/c1-12(2)23-11-14-6-4-3-5-13(14)10-21-18(22)16-8-7-15(20)9-17(16)19/h3-9,12H,10-11H2,1-2H3,(H,21,22). The van der Waals surface area contributed by atoms with Gasteiger partial charge in [-0.05, 0) is 43.2 Å². The molecule has 0 radical (unpaired) electrons. The van der Waals surface area contributed by atoms with Crippen molar-refractivity contribution in [3.8, 4) is 0 Å². The molecule has 2 rings (SSSR count). The van der Waals surface area contributed by atoms with E-state index in [-0.39, 0.29) is 22.6 Å². The molecule has 0 unspecified atom stereocenters. The molecule has 3 nitrogen and oxygen atoms in total. The highest BCUT2D eigenvalue weighted by Crippen LogP contribution is 2.17. The Morgan fingerprint density at radius 1 is 1.22 bits per heavy atom. The van der Waals surface area contributed by atoms with Crippen LogP contribution < -0.4 is 5.32 Å². The van der Waals surface area contributed by atoms with E-state index in [0.29, 0.717) is 13.2 Å². The Kier molecular flexibility index (Phi) is 6.13. The van der Waals surface area contributed by atoms with E-state index >= 15 is 0 Å². The molecule has 0 heterocycles. The number of amides is 1. The molecule has 0 aromatic heterocycles. The lowest BCUT2D eigenvalue weighted by atomic mass is 10.1. The zero-order valence-corrected chi connectivity index (χ0v) is 13.9. The second-order valence-electron chi connectivity index (χ2n) is 5.44. The number of halogens is 2.